The van der Waals surface area contributed by atoms with Gasteiger partial charge in [-0.1, -0.05) is 37.6 Å². The number of hydrogen-bond acceptors (Lipinski definition) is 3. The Morgan fingerprint density at radius 1 is 1.30 bits per heavy atom. The highest BCUT2D eigenvalue weighted by Gasteiger charge is 2.46. The molecular weight excluding hydrogens is 274 g/mol. The summed E-state index contributed by atoms with van der Waals surface area (Å²) in [7, 11) is 0. The molecule has 0 amide bonds. The number of ether oxygens (including phenoxy) is 1. The zero-order valence-electron chi connectivity index (χ0n) is 11.7. The van der Waals surface area contributed by atoms with Gasteiger partial charge in [-0.25, -0.2) is 9.67 Å². The molecule has 0 radical (unpaired) electrons. The van der Waals surface area contributed by atoms with Crippen LogP contribution >= 0.6 is 11.6 Å². The standard InChI is InChI=1S/C15H18ClN3O/c1-14(2)7-15(20-9-14,8-19-11-17-10-18-19)12-3-5-13(16)6-4-12/h3-6,10-11H,7-9H2,1-2H3. The maximum atomic E-state index is 6.22. The number of rotatable bonds is 3. The fraction of sp³-hybridized carbons (Fsp3) is 0.467. The van der Waals surface area contributed by atoms with Crippen molar-refractivity contribution in [2.45, 2.75) is 32.4 Å². The van der Waals surface area contributed by atoms with E-state index < -0.39 is 0 Å². The van der Waals surface area contributed by atoms with Gasteiger partial charge in [0.1, 0.15) is 18.3 Å². The summed E-state index contributed by atoms with van der Waals surface area (Å²) in [5, 5.41) is 4.95. The van der Waals surface area contributed by atoms with Crippen LogP contribution in [0.4, 0.5) is 0 Å². The lowest BCUT2D eigenvalue weighted by Crippen LogP contribution is -2.32. The molecule has 2 heterocycles. The van der Waals surface area contributed by atoms with Crippen LogP contribution in [-0.2, 0) is 16.9 Å². The van der Waals surface area contributed by atoms with E-state index in [1.54, 1.807) is 12.7 Å². The first-order valence-electron chi connectivity index (χ1n) is 6.72. The van der Waals surface area contributed by atoms with E-state index >= 15 is 0 Å². The van der Waals surface area contributed by atoms with Crippen LogP contribution in [0, 0.1) is 5.41 Å². The largest absolute Gasteiger partial charge is 0.368 e. The molecule has 1 aromatic heterocycles. The van der Waals surface area contributed by atoms with Crippen LogP contribution in [0.25, 0.3) is 0 Å². The van der Waals surface area contributed by atoms with Crippen molar-refractivity contribution in [1.29, 1.82) is 0 Å². The van der Waals surface area contributed by atoms with Crippen molar-refractivity contribution >= 4 is 11.6 Å². The number of aromatic nitrogens is 3. The van der Waals surface area contributed by atoms with Crippen LogP contribution in [0.2, 0.25) is 5.02 Å². The van der Waals surface area contributed by atoms with Crippen molar-refractivity contribution in [2.75, 3.05) is 6.61 Å². The minimum absolute atomic E-state index is 0.153. The molecule has 4 nitrogen and oxygen atoms in total. The molecule has 0 aliphatic carbocycles. The molecule has 1 aliphatic rings. The summed E-state index contributed by atoms with van der Waals surface area (Å²) in [6.45, 7) is 5.86. The van der Waals surface area contributed by atoms with Crippen LogP contribution in [-0.4, -0.2) is 21.4 Å². The first kappa shape index (κ1) is 13.6. The van der Waals surface area contributed by atoms with Gasteiger partial charge in [0.25, 0.3) is 0 Å². The van der Waals surface area contributed by atoms with E-state index in [1.165, 1.54) is 0 Å². The monoisotopic (exact) mass is 291 g/mol. The molecule has 1 fully saturated rings. The average Bonchev–Trinajstić information content (AvgIpc) is 2.99. The lowest BCUT2D eigenvalue weighted by Gasteiger charge is -2.30. The number of benzene rings is 1. The Hall–Kier alpha value is -1.39. The van der Waals surface area contributed by atoms with Crippen molar-refractivity contribution < 1.29 is 4.74 Å². The predicted molar refractivity (Wildman–Crippen MR) is 77.5 cm³/mol. The molecule has 0 N–H and O–H groups in total. The van der Waals surface area contributed by atoms with Gasteiger partial charge in [-0.15, -0.1) is 0 Å². The summed E-state index contributed by atoms with van der Waals surface area (Å²) in [6, 6.07) is 7.91. The third-order valence-corrected chi connectivity index (χ3v) is 4.01. The van der Waals surface area contributed by atoms with Crippen molar-refractivity contribution in [3.8, 4) is 0 Å². The van der Waals surface area contributed by atoms with Gasteiger partial charge in [0.05, 0.1) is 13.2 Å². The molecule has 1 unspecified atom stereocenters. The summed E-state index contributed by atoms with van der Waals surface area (Å²) in [5.74, 6) is 0. The summed E-state index contributed by atoms with van der Waals surface area (Å²) in [5.41, 5.74) is 0.935. The molecule has 106 valence electrons. The van der Waals surface area contributed by atoms with E-state index in [0.717, 1.165) is 23.6 Å². The topological polar surface area (TPSA) is 39.9 Å². The van der Waals surface area contributed by atoms with Crippen LogP contribution in [0.15, 0.2) is 36.9 Å². The van der Waals surface area contributed by atoms with Crippen molar-refractivity contribution in [1.82, 2.24) is 14.8 Å². The normalized spacial score (nSPS) is 24.9. The molecule has 0 saturated carbocycles. The Labute approximate surface area is 123 Å². The second-order valence-electron chi connectivity index (χ2n) is 6.22. The molecule has 20 heavy (non-hydrogen) atoms. The maximum Gasteiger partial charge on any atom is 0.137 e. The van der Waals surface area contributed by atoms with Gasteiger partial charge < -0.3 is 4.74 Å². The van der Waals surface area contributed by atoms with E-state index in [9.17, 15) is 0 Å². The third-order valence-electron chi connectivity index (χ3n) is 3.76. The van der Waals surface area contributed by atoms with Crippen molar-refractivity contribution in [3.63, 3.8) is 0 Å². The highest BCUT2D eigenvalue weighted by Crippen LogP contribution is 2.46. The Kier molecular flexibility index (Phi) is 3.30. The summed E-state index contributed by atoms with van der Waals surface area (Å²) < 4.78 is 8.05. The lowest BCUT2D eigenvalue weighted by molar-refractivity contribution is -0.0186. The molecule has 1 aromatic carbocycles. The van der Waals surface area contributed by atoms with E-state index in [1.807, 2.05) is 28.9 Å². The molecular formula is C15H18ClN3O. The fourth-order valence-electron chi connectivity index (χ4n) is 2.92. The summed E-state index contributed by atoms with van der Waals surface area (Å²) in [4.78, 5) is 4.01. The van der Waals surface area contributed by atoms with E-state index in [4.69, 9.17) is 16.3 Å². The Bertz CT molecular complexity index is 580. The minimum atomic E-state index is -0.359. The zero-order valence-corrected chi connectivity index (χ0v) is 12.5. The van der Waals surface area contributed by atoms with E-state index in [0.29, 0.717) is 6.54 Å². The Balaban J connectivity index is 1.97. The van der Waals surface area contributed by atoms with Gasteiger partial charge in [0.15, 0.2) is 0 Å². The van der Waals surface area contributed by atoms with Crippen LogP contribution < -0.4 is 0 Å². The van der Waals surface area contributed by atoms with Gasteiger partial charge in [0.2, 0.25) is 0 Å². The van der Waals surface area contributed by atoms with E-state index in [-0.39, 0.29) is 11.0 Å². The van der Waals surface area contributed by atoms with Crippen molar-refractivity contribution in [2.24, 2.45) is 5.41 Å². The fourth-order valence-corrected chi connectivity index (χ4v) is 3.04. The molecule has 0 spiro atoms. The molecule has 5 heteroatoms. The minimum Gasteiger partial charge on any atom is -0.368 e. The SMILES string of the molecule is CC1(C)COC(Cn2cncn2)(c2ccc(Cl)cc2)C1. The van der Waals surface area contributed by atoms with Crippen LogP contribution in [0.5, 0.6) is 0 Å². The van der Waals surface area contributed by atoms with Crippen LogP contribution in [0.1, 0.15) is 25.8 Å². The van der Waals surface area contributed by atoms with Gasteiger partial charge in [-0.05, 0) is 29.5 Å². The Morgan fingerprint density at radius 2 is 2.05 bits per heavy atom. The second kappa shape index (κ2) is 4.86. The molecule has 3 rings (SSSR count). The maximum absolute atomic E-state index is 6.22. The molecule has 1 aliphatic heterocycles. The summed E-state index contributed by atoms with van der Waals surface area (Å²) >= 11 is 5.99. The van der Waals surface area contributed by atoms with Gasteiger partial charge in [0, 0.05) is 5.02 Å². The lowest BCUT2D eigenvalue weighted by atomic mass is 9.80. The summed E-state index contributed by atoms with van der Waals surface area (Å²) in [6.07, 6.45) is 4.23. The van der Waals surface area contributed by atoms with Gasteiger partial charge in [-0.2, -0.15) is 5.10 Å². The van der Waals surface area contributed by atoms with Crippen molar-refractivity contribution in [3.05, 3.63) is 47.5 Å². The Morgan fingerprint density at radius 3 is 2.60 bits per heavy atom. The zero-order chi connectivity index (χ0) is 14.2. The quantitative estimate of drug-likeness (QED) is 0.871. The highest BCUT2D eigenvalue weighted by atomic mass is 35.5. The average molecular weight is 292 g/mol. The molecule has 1 saturated heterocycles. The number of halogens is 1. The molecule has 1 atom stereocenters. The van der Waals surface area contributed by atoms with Gasteiger partial charge in [-0.3, -0.25) is 0 Å². The third kappa shape index (κ3) is 2.58. The second-order valence-corrected chi connectivity index (χ2v) is 6.66. The van der Waals surface area contributed by atoms with E-state index in [2.05, 4.69) is 23.9 Å². The first-order chi connectivity index (χ1) is 9.49. The molecule has 2 aromatic rings. The predicted octanol–water partition coefficient (Wildman–Crippen LogP) is 3.27. The van der Waals surface area contributed by atoms with Crippen LogP contribution in [0.3, 0.4) is 0 Å². The first-order valence-corrected chi connectivity index (χ1v) is 7.09. The highest BCUT2D eigenvalue weighted by molar-refractivity contribution is 6.30. The number of hydrogen-bond donors (Lipinski definition) is 0. The van der Waals surface area contributed by atoms with Gasteiger partial charge >= 0.3 is 0 Å². The number of nitrogens with zero attached hydrogens (tertiary/aromatic N) is 3. The molecule has 0 bridgehead atoms. The smallest absolute Gasteiger partial charge is 0.137 e.